The molecule has 0 unspecified atom stereocenters. The molecule has 1 aromatic rings. The summed E-state index contributed by atoms with van der Waals surface area (Å²) in [6, 6.07) is 8.01. The van der Waals surface area contributed by atoms with Gasteiger partial charge in [0.25, 0.3) is 0 Å². The van der Waals surface area contributed by atoms with E-state index < -0.39 is 0 Å². The molecule has 0 aliphatic rings. The molecule has 0 fully saturated rings. The van der Waals surface area contributed by atoms with E-state index in [1.807, 2.05) is 43.3 Å². The van der Waals surface area contributed by atoms with Crippen molar-refractivity contribution in [3.8, 4) is 0 Å². The Morgan fingerprint density at radius 1 is 1.23 bits per heavy atom. The van der Waals surface area contributed by atoms with Crippen LogP contribution in [0.5, 0.6) is 0 Å². The molecule has 0 amide bonds. The molecule has 74 valence electrons. The molecule has 0 radical (unpaired) electrons. The van der Waals surface area contributed by atoms with Gasteiger partial charge in [0.05, 0.1) is 4.20 Å². The molecule has 0 atom stereocenters. The summed E-state index contributed by atoms with van der Waals surface area (Å²) < 4.78 is 0.639. The fourth-order valence-corrected chi connectivity index (χ4v) is 1.19. The summed E-state index contributed by atoms with van der Waals surface area (Å²) in [5.74, 6) is 0. The summed E-state index contributed by atoms with van der Waals surface area (Å²) in [7, 11) is 4.02. The molecule has 0 aliphatic carbocycles. The van der Waals surface area contributed by atoms with Gasteiger partial charge < -0.3 is 4.90 Å². The van der Waals surface area contributed by atoms with Crippen LogP contribution in [-0.2, 0) is 16.5 Å². The number of thiocarbonyl (C=S) groups is 1. The molecule has 1 aromatic carbocycles. The Morgan fingerprint density at radius 3 is 2.00 bits per heavy atom. The molecule has 4 heteroatoms. The largest absolute Gasteiger partial charge is 0.378 e. The van der Waals surface area contributed by atoms with Crippen molar-refractivity contribution in [3.05, 3.63) is 29.8 Å². The molecule has 13 heavy (non-hydrogen) atoms. The van der Waals surface area contributed by atoms with Crippen LogP contribution < -0.4 is 4.90 Å². The quantitative estimate of drug-likeness (QED) is 0.491. The van der Waals surface area contributed by atoms with E-state index in [1.54, 1.807) is 0 Å². The zero-order chi connectivity index (χ0) is 9.14. The van der Waals surface area contributed by atoms with Crippen molar-refractivity contribution in [2.75, 3.05) is 19.0 Å². The van der Waals surface area contributed by atoms with Gasteiger partial charge >= 0.3 is 0 Å². The van der Waals surface area contributed by atoms with Gasteiger partial charge in [-0.2, -0.15) is 0 Å². The maximum absolute atomic E-state index is 4.92. The third-order valence-corrected chi connectivity index (χ3v) is 2.12. The van der Waals surface area contributed by atoms with Gasteiger partial charge in [-0.25, -0.2) is 0 Å². The van der Waals surface area contributed by atoms with E-state index in [0.717, 1.165) is 5.56 Å². The van der Waals surface area contributed by atoms with Gasteiger partial charge in [0.2, 0.25) is 0 Å². The van der Waals surface area contributed by atoms with Gasteiger partial charge in [0.1, 0.15) is 0 Å². The summed E-state index contributed by atoms with van der Waals surface area (Å²) >= 11 is 9.01. The smallest absolute Gasteiger partial charge is 0.0747 e. The first-order valence-corrected chi connectivity index (χ1v) is 4.47. The van der Waals surface area contributed by atoms with E-state index >= 15 is 0 Å². The molecule has 0 aromatic heterocycles. The third kappa shape index (κ3) is 3.67. The van der Waals surface area contributed by atoms with Crippen LogP contribution in [0.15, 0.2) is 24.3 Å². The zero-order valence-corrected chi connectivity index (χ0v) is 10.1. The van der Waals surface area contributed by atoms with Crippen LogP contribution in [0.4, 0.5) is 5.69 Å². The fraction of sp³-hybridized carbons (Fsp3) is 0.222. The van der Waals surface area contributed by atoms with Crippen molar-refractivity contribution in [1.82, 2.24) is 0 Å². The monoisotopic (exact) mass is 255 g/mol. The molecule has 0 N–H and O–H groups in total. The van der Waals surface area contributed by atoms with Gasteiger partial charge in [0, 0.05) is 36.3 Å². The van der Waals surface area contributed by atoms with E-state index in [2.05, 4.69) is 12.6 Å². The molecular formula is C9H11NNiS2. The van der Waals surface area contributed by atoms with E-state index in [0.29, 0.717) is 4.20 Å². The Balaban J connectivity index is 0.00000144. The number of nitrogens with zero attached hydrogens (tertiary/aromatic N) is 1. The van der Waals surface area contributed by atoms with Gasteiger partial charge in [0.15, 0.2) is 0 Å². The van der Waals surface area contributed by atoms with E-state index in [-0.39, 0.29) is 16.5 Å². The van der Waals surface area contributed by atoms with Crippen molar-refractivity contribution < 1.29 is 16.5 Å². The number of hydrogen-bond acceptors (Lipinski definition) is 2. The molecule has 0 saturated heterocycles. The average molecular weight is 256 g/mol. The first-order valence-electron chi connectivity index (χ1n) is 3.62. The van der Waals surface area contributed by atoms with Crippen LogP contribution in [0.2, 0.25) is 0 Å². The van der Waals surface area contributed by atoms with Crippen molar-refractivity contribution >= 4 is 34.7 Å². The minimum atomic E-state index is 0. The molecule has 0 bridgehead atoms. The Bertz CT molecular complexity index is 282. The minimum Gasteiger partial charge on any atom is -0.378 e. The number of benzene rings is 1. The summed E-state index contributed by atoms with van der Waals surface area (Å²) in [5, 5.41) is 0. The third-order valence-electron chi connectivity index (χ3n) is 1.63. The standard InChI is InChI=1S/C9H11NS2.Ni/c1-10(2)8-5-3-7(4-6-8)9(11)12;/h3-6H,1-2H3,(H,11,12);. The van der Waals surface area contributed by atoms with Crippen molar-refractivity contribution in [2.45, 2.75) is 0 Å². The molecule has 0 spiro atoms. The normalized spacial score (nSPS) is 8.85. The summed E-state index contributed by atoms with van der Waals surface area (Å²) in [4.78, 5) is 2.05. The number of thiol groups is 1. The number of hydrogen-bond donors (Lipinski definition) is 1. The summed E-state index contributed by atoms with van der Waals surface area (Å²) in [5.41, 5.74) is 2.17. The Morgan fingerprint density at radius 2 is 1.69 bits per heavy atom. The minimum absolute atomic E-state index is 0. The Kier molecular flexibility index (Phi) is 5.61. The summed E-state index contributed by atoms with van der Waals surface area (Å²) in [6.07, 6.45) is 0. The Labute approximate surface area is 99.8 Å². The van der Waals surface area contributed by atoms with Gasteiger partial charge in [-0.1, -0.05) is 24.4 Å². The maximum Gasteiger partial charge on any atom is 0.0747 e. The van der Waals surface area contributed by atoms with E-state index in [9.17, 15) is 0 Å². The molecule has 0 heterocycles. The number of rotatable bonds is 2. The van der Waals surface area contributed by atoms with Crippen molar-refractivity contribution in [1.29, 1.82) is 0 Å². The van der Waals surface area contributed by atoms with Crippen LogP contribution in [0, 0.1) is 0 Å². The van der Waals surface area contributed by atoms with Crippen LogP contribution in [0.3, 0.4) is 0 Å². The fourth-order valence-electron chi connectivity index (χ4n) is 0.902. The molecule has 1 rings (SSSR count). The first kappa shape index (κ1) is 13.0. The second-order valence-electron chi connectivity index (χ2n) is 2.75. The van der Waals surface area contributed by atoms with Gasteiger partial charge in [-0.3, -0.25) is 0 Å². The number of anilines is 1. The van der Waals surface area contributed by atoms with Gasteiger partial charge in [-0.15, -0.1) is 12.6 Å². The molecule has 0 saturated carbocycles. The average Bonchev–Trinajstić information content (AvgIpc) is 2.04. The van der Waals surface area contributed by atoms with E-state index in [1.165, 1.54) is 5.69 Å². The van der Waals surface area contributed by atoms with E-state index in [4.69, 9.17) is 12.2 Å². The predicted molar refractivity (Wildman–Crippen MR) is 61.5 cm³/mol. The molecule has 1 nitrogen and oxygen atoms in total. The predicted octanol–water partition coefficient (Wildman–Crippen LogP) is 2.36. The topological polar surface area (TPSA) is 3.24 Å². The maximum atomic E-state index is 4.92. The van der Waals surface area contributed by atoms with Crippen molar-refractivity contribution in [3.63, 3.8) is 0 Å². The van der Waals surface area contributed by atoms with Crippen molar-refractivity contribution in [2.24, 2.45) is 0 Å². The Hall–Kier alpha value is -0.0465. The second kappa shape index (κ2) is 5.63. The molecule has 0 aliphatic heterocycles. The summed E-state index contributed by atoms with van der Waals surface area (Å²) in [6.45, 7) is 0. The van der Waals surface area contributed by atoms with Crippen LogP contribution in [0.1, 0.15) is 5.56 Å². The van der Waals surface area contributed by atoms with Gasteiger partial charge in [-0.05, 0) is 17.7 Å². The zero-order valence-electron chi connectivity index (χ0n) is 7.43. The van der Waals surface area contributed by atoms with Crippen LogP contribution >= 0.6 is 24.8 Å². The van der Waals surface area contributed by atoms with Crippen LogP contribution in [0.25, 0.3) is 0 Å². The van der Waals surface area contributed by atoms with Crippen LogP contribution in [-0.4, -0.2) is 18.3 Å². The first-order chi connectivity index (χ1) is 5.61. The SMILES string of the molecule is CN(C)c1ccc(C(=S)S)cc1.[Ni]. The molecular weight excluding hydrogens is 245 g/mol. The second-order valence-corrected chi connectivity index (χ2v) is 3.90.